The summed E-state index contributed by atoms with van der Waals surface area (Å²) >= 11 is 0. The van der Waals surface area contributed by atoms with Crippen LogP contribution in [0, 0.1) is 11.3 Å². The fourth-order valence-electron chi connectivity index (χ4n) is 3.28. The summed E-state index contributed by atoms with van der Waals surface area (Å²) in [4.78, 5) is 12.6. The molecule has 3 N–H and O–H groups in total. The van der Waals surface area contributed by atoms with E-state index in [0.29, 0.717) is 0 Å². The number of anilines is 1. The Bertz CT molecular complexity index is 482. The number of rotatable bonds is 3. The van der Waals surface area contributed by atoms with Crippen molar-refractivity contribution < 1.29 is 4.79 Å². The average Bonchev–Trinajstić information content (AvgIpc) is 2.38. The van der Waals surface area contributed by atoms with Crippen LogP contribution < -0.4 is 11.1 Å². The molecule has 110 valence electrons. The quantitative estimate of drug-likeness (QED) is 0.826. The minimum atomic E-state index is -0.0403. The Morgan fingerprint density at radius 2 is 2.05 bits per heavy atom. The van der Waals surface area contributed by atoms with Gasteiger partial charge in [0.2, 0.25) is 5.91 Å². The van der Waals surface area contributed by atoms with Gasteiger partial charge in [-0.2, -0.15) is 0 Å². The number of carbonyl (C=O) groups excluding carboxylic acids is 1. The van der Waals surface area contributed by atoms with Crippen LogP contribution in [-0.2, 0) is 4.79 Å². The molecule has 0 saturated heterocycles. The molecule has 1 aromatic rings. The van der Waals surface area contributed by atoms with Crippen LogP contribution in [-0.4, -0.2) is 5.91 Å². The van der Waals surface area contributed by atoms with Crippen LogP contribution in [0.25, 0.3) is 0 Å². The molecule has 1 aliphatic rings. The Morgan fingerprint density at radius 3 is 2.70 bits per heavy atom. The predicted octanol–water partition coefficient (Wildman–Crippen LogP) is 3.66. The van der Waals surface area contributed by atoms with Crippen LogP contribution in [0.4, 0.5) is 5.69 Å². The Labute approximate surface area is 121 Å². The van der Waals surface area contributed by atoms with Gasteiger partial charge in [-0.15, -0.1) is 0 Å². The standard InChI is InChI=1S/C17H26N2O/c1-12(13-8-4-5-10-15(13)18)19-16(20)14-9-6-7-11-17(14,2)3/h4-5,8,10,12,14H,6-7,9,11,18H2,1-3H3,(H,19,20). The van der Waals surface area contributed by atoms with Crippen molar-refractivity contribution in [2.45, 2.75) is 52.5 Å². The molecular weight excluding hydrogens is 248 g/mol. The van der Waals surface area contributed by atoms with Crippen LogP contribution in [0.15, 0.2) is 24.3 Å². The van der Waals surface area contributed by atoms with Crippen molar-refractivity contribution in [3.63, 3.8) is 0 Å². The molecule has 1 saturated carbocycles. The fraction of sp³-hybridized carbons (Fsp3) is 0.588. The molecule has 2 unspecified atom stereocenters. The van der Waals surface area contributed by atoms with E-state index in [-0.39, 0.29) is 23.3 Å². The molecule has 0 bridgehead atoms. The molecule has 0 aliphatic heterocycles. The maximum atomic E-state index is 12.6. The van der Waals surface area contributed by atoms with Crippen molar-refractivity contribution >= 4 is 11.6 Å². The molecule has 0 radical (unpaired) electrons. The summed E-state index contributed by atoms with van der Waals surface area (Å²) in [6.07, 6.45) is 4.52. The second kappa shape index (κ2) is 5.86. The van der Waals surface area contributed by atoms with Crippen LogP contribution in [0.5, 0.6) is 0 Å². The van der Waals surface area contributed by atoms with Gasteiger partial charge in [-0.1, -0.05) is 44.9 Å². The van der Waals surface area contributed by atoms with Crippen molar-refractivity contribution in [2.75, 3.05) is 5.73 Å². The second-order valence-electron chi connectivity index (χ2n) is 6.65. The molecular formula is C17H26N2O. The highest BCUT2D eigenvalue weighted by atomic mass is 16.2. The fourth-order valence-corrected chi connectivity index (χ4v) is 3.28. The Morgan fingerprint density at radius 1 is 1.35 bits per heavy atom. The van der Waals surface area contributed by atoms with E-state index in [1.807, 2.05) is 31.2 Å². The van der Waals surface area contributed by atoms with Gasteiger partial charge in [0.15, 0.2) is 0 Å². The number of hydrogen-bond donors (Lipinski definition) is 2. The number of carbonyl (C=O) groups is 1. The molecule has 1 amide bonds. The lowest BCUT2D eigenvalue weighted by molar-refractivity contribution is -0.130. The summed E-state index contributed by atoms with van der Waals surface area (Å²) in [6, 6.07) is 7.69. The summed E-state index contributed by atoms with van der Waals surface area (Å²) < 4.78 is 0. The maximum absolute atomic E-state index is 12.6. The third-order valence-corrected chi connectivity index (χ3v) is 4.65. The van der Waals surface area contributed by atoms with E-state index in [0.717, 1.165) is 30.5 Å². The third-order valence-electron chi connectivity index (χ3n) is 4.65. The van der Waals surface area contributed by atoms with Gasteiger partial charge in [-0.05, 0) is 36.8 Å². The molecule has 1 aliphatic carbocycles. The van der Waals surface area contributed by atoms with Crippen molar-refractivity contribution in [3.05, 3.63) is 29.8 Å². The zero-order valence-electron chi connectivity index (χ0n) is 12.8. The van der Waals surface area contributed by atoms with E-state index in [4.69, 9.17) is 5.73 Å². The first kappa shape index (κ1) is 14.9. The third kappa shape index (κ3) is 3.14. The first-order valence-corrected chi connectivity index (χ1v) is 7.56. The monoisotopic (exact) mass is 274 g/mol. The highest BCUT2D eigenvalue weighted by Gasteiger charge is 2.37. The van der Waals surface area contributed by atoms with Gasteiger partial charge in [0.05, 0.1) is 6.04 Å². The Hall–Kier alpha value is -1.51. The topological polar surface area (TPSA) is 55.1 Å². The second-order valence-corrected chi connectivity index (χ2v) is 6.65. The molecule has 2 rings (SSSR count). The minimum Gasteiger partial charge on any atom is -0.398 e. The smallest absolute Gasteiger partial charge is 0.224 e. The lowest BCUT2D eigenvalue weighted by Gasteiger charge is -2.38. The van der Waals surface area contributed by atoms with Gasteiger partial charge in [0, 0.05) is 11.6 Å². The van der Waals surface area contributed by atoms with E-state index >= 15 is 0 Å². The number of nitrogens with one attached hydrogen (secondary N) is 1. The first-order chi connectivity index (χ1) is 9.42. The minimum absolute atomic E-state index is 0.0403. The molecule has 3 heteroatoms. The van der Waals surface area contributed by atoms with Crippen molar-refractivity contribution in [2.24, 2.45) is 11.3 Å². The summed E-state index contributed by atoms with van der Waals surface area (Å²) in [5, 5.41) is 3.14. The van der Waals surface area contributed by atoms with E-state index in [2.05, 4.69) is 19.2 Å². The van der Waals surface area contributed by atoms with Gasteiger partial charge >= 0.3 is 0 Å². The number of amides is 1. The lowest BCUT2D eigenvalue weighted by atomic mass is 9.68. The van der Waals surface area contributed by atoms with E-state index in [1.165, 1.54) is 6.42 Å². The van der Waals surface area contributed by atoms with Gasteiger partial charge in [-0.3, -0.25) is 4.79 Å². The highest BCUT2D eigenvalue weighted by Crippen LogP contribution is 2.40. The lowest BCUT2D eigenvalue weighted by Crippen LogP contribution is -2.42. The van der Waals surface area contributed by atoms with Gasteiger partial charge < -0.3 is 11.1 Å². The molecule has 0 aromatic heterocycles. The summed E-state index contributed by atoms with van der Waals surface area (Å²) in [6.45, 7) is 6.41. The van der Waals surface area contributed by atoms with Crippen LogP contribution in [0.3, 0.4) is 0 Å². The van der Waals surface area contributed by atoms with Crippen molar-refractivity contribution in [1.29, 1.82) is 0 Å². The Balaban J connectivity index is 2.06. The normalized spacial score (nSPS) is 23.1. The largest absolute Gasteiger partial charge is 0.398 e. The highest BCUT2D eigenvalue weighted by molar-refractivity contribution is 5.80. The first-order valence-electron chi connectivity index (χ1n) is 7.56. The summed E-state index contributed by atoms with van der Waals surface area (Å²) in [5.74, 6) is 0.286. The van der Waals surface area contributed by atoms with E-state index in [9.17, 15) is 4.79 Å². The van der Waals surface area contributed by atoms with E-state index < -0.39 is 0 Å². The molecule has 2 atom stereocenters. The van der Waals surface area contributed by atoms with Crippen LogP contribution >= 0.6 is 0 Å². The molecule has 0 heterocycles. The molecule has 3 nitrogen and oxygen atoms in total. The zero-order chi connectivity index (χ0) is 14.8. The zero-order valence-corrected chi connectivity index (χ0v) is 12.8. The molecule has 20 heavy (non-hydrogen) atoms. The van der Waals surface area contributed by atoms with Crippen molar-refractivity contribution in [1.82, 2.24) is 5.32 Å². The SMILES string of the molecule is CC(NC(=O)C1CCCCC1(C)C)c1ccccc1N. The van der Waals surface area contributed by atoms with E-state index in [1.54, 1.807) is 0 Å². The van der Waals surface area contributed by atoms with Gasteiger partial charge in [0.1, 0.15) is 0 Å². The van der Waals surface area contributed by atoms with Gasteiger partial charge in [-0.25, -0.2) is 0 Å². The molecule has 1 fully saturated rings. The number of nitrogen functional groups attached to an aromatic ring is 1. The summed E-state index contributed by atoms with van der Waals surface area (Å²) in [5.41, 5.74) is 7.81. The number of nitrogens with two attached hydrogens (primary N) is 1. The average molecular weight is 274 g/mol. The molecule has 0 spiro atoms. The number of para-hydroxylation sites is 1. The van der Waals surface area contributed by atoms with Crippen LogP contribution in [0.2, 0.25) is 0 Å². The maximum Gasteiger partial charge on any atom is 0.224 e. The number of hydrogen-bond acceptors (Lipinski definition) is 2. The number of benzene rings is 1. The predicted molar refractivity (Wildman–Crippen MR) is 83.2 cm³/mol. The molecule has 1 aromatic carbocycles. The summed E-state index contributed by atoms with van der Waals surface area (Å²) in [7, 11) is 0. The van der Waals surface area contributed by atoms with Crippen molar-refractivity contribution in [3.8, 4) is 0 Å². The Kier molecular flexibility index (Phi) is 4.36. The van der Waals surface area contributed by atoms with Crippen LogP contribution in [0.1, 0.15) is 58.1 Å². The van der Waals surface area contributed by atoms with Gasteiger partial charge in [0.25, 0.3) is 0 Å².